The number of hydrogen-bond acceptors (Lipinski definition) is 2. The maximum Gasteiger partial charge on any atom is 0.119 e. The number of rotatable bonds is 9. The third kappa shape index (κ3) is 4.24. The predicted octanol–water partition coefficient (Wildman–Crippen LogP) is 3.94. The molecule has 110 valence electrons. The number of aryl methyl sites for hydroxylation is 1. The second-order valence-electron chi connectivity index (χ2n) is 6.40. The highest BCUT2D eigenvalue weighted by Gasteiger charge is 2.30. The highest BCUT2D eigenvalue weighted by atomic mass is 16.5. The summed E-state index contributed by atoms with van der Waals surface area (Å²) in [5.74, 6) is 1.98. The van der Waals surface area contributed by atoms with Crippen molar-refractivity contribution in [3.63, 3.8) is 0 Å². The van der Waals surface area contributed by atoms with E-state index >= 15 is 0 Å². The van der Waals surface area contributed by atoms with E-state index in [-0.39, 0.29) is 0 Å². The zero-order valence-electron chi connectivity index (χ0n) is 12.6. The van der Waals surface area contributed by atoms with Crippen LogP contribution in [0.2, 0.25) is 0 Å². The van der Waals surface area contributed by atoms with Crippen molar-refractivity contribution in [1.82, 2.24) is 5.32 Å². The minimum absolute atomic E-state index is 0.498. The van der Waals surface area contributed by atoms with Gasteiger partial charge in [-0.05, 0) is 75.1 Å². The van der Waals surface area contributed by atoms with Gasteiger partial charge < -0.3 is 10.1 Å². The first-order valence-corrected chi connectivity index (χ1v) is 8.34. The standard InChI is InChI=1S/C18H27NO/c1-2-13-19-18(15-6-7-15)12-5-14-3-8-16(9-4-14)20-17-10-11-17/h3-4,8-9,15,17-19H,2,5-7,10-13H2,1H3. The van der Waals surface area contributed by atoms with Crippen molar-refractivity contribution in [2.75, 3.05) is 6.54 Å². The second kappa shape index (κ2) is 6.62. The minimum Gasteiger partial charge on any atom is -0.490 e. The van der Waals surface area contributed by atoms with E-state index in [4.69, 9.17) is 4.74 Å². The molecule has 0 aromatic heterocycles. The van der Waals surface area contributed by atoms with E-state index < -0.39 is 0 Å². The molecule has 0 saturated heterocycles. The van der Waals surface area contributed by atoms with E-state index in [2.05, 4.69) is 36.5 Å². The van der Waals surface area contributed by atoms with Crippen molar-refractivity contribution in [3.8, 4) is 5.75 Å². The predicted molar refractivity (Wildman–Crippen MR) is 83.2 cm³/mol. The highest BCUT2D eigenvalue weighted by molar-refractivity contribution is 5.28. The Morgan fingerprint density at radius 2 is 1.90 bits per heavy atom. The van der Waals surface area contributed by atoms with Gasteiger partial charge >= 0.3 is 0 Å². The molecule has 1 N–H and O–H groups in total. The van der Waals surface area contributed by atoms with Gasteiger partial charge in [0.05, 0.1) is 6.10 Å². The summed E-state index contributed by atoms with van der Waals surface area (Å²) in [6, 6.07) is 9.49. The number of ether oxygens (including phenoxy) is 1. The zero-order chi connectivity index (χ0) is 13.8. The maximum absolute atomic E-state index is 5.79. The summed E-state index contributed by atoms with van der Waals surface area (Å²) in [5.41, 5.74) is 1.44. The Morgan fingerprint density at radius 3 is 2.50 bits per heavy atom. The zero-order valence-corrected chi connectivity index (χ0v) is 12.6. The largest absolute Gasteiger partial charge is 0.490 e. The van der Waals surface area contributed by atoms with Gasteiger partial charge in [-0.25, -0.2) is 0 Å². The summed E-state index contributed by atoms with van der Waals surface area (Å²) in [5, 5.41) is 3.72. The lowest BCUT2D eigenvalue weighted by atomic mass is 10.0. The lowest BCUT2D eigenvalue weighted by molar-refractivity contribution is 0.303. The molecule has 2 saturated carbocycles. The molecular weight excluding hydrogens is 246 g/mol. The van der Waals surface area contributed by atoms with Crippen molar-refractivity contribution in [3.05, 3.63) is 29.8 Å². The van der Waals surface area contributed by atoms with Gasteiger partial charge in [0.1, 0.15) is 5.75 Å². The van der Waals surface area contributed by atoms with Crippen LogP contribution >= 0.6 is 0 Å². The maximum atomic E-state index is 5.79. The number of hydrogen-bond donors (Lipinski definition) is 1. The molecule has 2 fully saturated rings. The van der Waals surface area contributed by atoms with Gasteiger partial charge in [-0.2, -0.15) is 0 Å². The summed E-state index contributed by atoms with van der Waals surface area (Å²) >= 11 is 0. The van der Waals surface area contributed by atoms with Gasteiger partial charge in [0.25, 0.3) is 0 Å². The fraction of sp³-hybridized carbons (Fsp3) is 0.667. The molecule has 0 bridgehead atoms. The Labute approximate surface area is 122 Å². The summed E-state index contributed by atoms with van der Waals surface area (Å²) in [6.07, 6.45) is 9.50. The van der Waals surface area contributed by atoms with E-state index in [0.29, 0.717) is 6.10 Å². The molecule has 0 aliphatic heterocycles. The van der Waals surface area contributed by atoms with Crippen LogP contribution in [0.15, 0.2) is 24.3 Å². The first-order valence-electron chi connectivity index (χ1n) is 8.34. The van der Waals surface area contributed by atoms with Crippen molar-refractivity contribution in [2.24, 2.45) is 5.92 Å². The number of benzene rings is 1. The Bertz CT molecular complexity index is 406. The van der Waals surface area contributed by atoms with Crippen LogP contribution in [0.1, 0.15) is 51.0 Å². The fourth-order valence-electron chi connectivity index (χ4n) is 2.77. The average Bonchev–Trinajstić information content (AvgIpc) is 3.34. The van der Waals surface area contributed by atoms with E-state index in [1.54, 1.807) is 0 Å². The van der Waals surface area contributed by atoms with Crippen molar-refractivity contribution >= 4 is 0 Å². The van der Waals surface area contributed by atoms with E-state index in [9.17, 15) is 0 Å². The SMILES string of the molecule is CCCNC(CCc1ccc(OC2CC2)cc1)C1CC1. The monoisotopic (exact) mass is 273 g/mol. The van der Waals surface area contributed by atoms with E-state index in [0.717, 1.165) is 24.3 Å². The Kier molecular flexibility index (Phi) is 4.62. The molecule has 0 radical (unpaired) electrons. The van der Waals surface area contributed by atoms with Crippen LogP contribution in [0.4, 0.5) is 0 Å². The van der Waals surface area contributed by atoms with Crippen molar-refractivity contribution in [1.29, 1.82) is 0 Å². The first-order chi connectivity index (χ1) is 9.85. The molecule has 1 atom stereocenters. The number of nitrogens with one attached hydrogen (secondary N) is 1. The van der Waals surface area contributed by atoms with Gasteiger partial charge in [0.2, 0.25) is 0 Å². The van der Waals surface area contributed by atoms with Crippen LogP contribution in [0.5, 0.6) is 5.75 Å². The van der Waals surface area contributed by atoms with Crippen LogP contribution in [-0.2, 0) is 6.42 Å². The molecule has 20 heavy (non-hydrogen) atoms. The molecule has 0 spiro atoms. The van der Waals surface area contributed by atoms with E-state index in [1.165, 1.54) is 50.5 Å². The fourth-order valence-corrected chi connectivity index (χ4v) is 2.77. The van der Waals surface area contributed by atoms with Gasteiger partial charge in [-0.3, -0.25) is 0 Å². The third-order valence-corrected chi connectivity index (χ3v) is 4.34. The Morgan fingerprint density at radius 1 is 1.15 bits per heavy atom. The topological polar surface area (TPSA) is 21.3 Å². The third-order valence-electron chi connectivity index (χ3n) is 4.34. The van der Waals surface area contributed by atoms with Gasteiger partial charge in [0, 0.05) is 6.04 Å². The normalized spacial score (nSPS) is 19.9. The molecule has 1 unspecified atom stereocenters. The quantitative estimate of drug-likeness (QED) is 0.736. The van der Waals surface area contributed by atoms with Gasteiger partial charge in [-0.15, -0.1) is 0 Å². The molecule has 1 aromatic carbocycles. The summed E-state index contributed by atoms with van der Waals surface area (Å²) < 4.78 is 5.79. The van der Waals surface area contributed by atoms with Crippen LogP contribution in [0, 0.1) is 5.92 Å². The molecule has 1 aromatic rings. The van der Waals surface area contributed by atoms with Crippen molar-refractivity contribution < 1.29 is 4.74 Å². The van der Waals surface area contributed by atoms with Gasteiger partial charge in [-0.1, -0.05) is 19.1 Å². The molecule has 3 rings (SSSR count). The Balaban J connectivity index is 1.46. The van der Waals surface area contributed by atoms with Crippen molar-refractivity contribution in [2.45, 2.75) is 64.0 Å². The molecule has 2 nitrogen and oxygen atoms in total. The van der Waals surface area contributed by atoms with Crippen LogP contribution in [0.3, 0.4) is 0 Å². The molecular formula is C18H27NO. The molecule has 2 heteroatoms. The summed E-state index contributed by atoms with van der Waals surface area (Å²) in [7, 11) is 0. The lowest BCUT2D eigenvalue weighted by Gasteiger charge is -2.18. The van der Waals surface area contributed by atoms with Crippen LogP contribution in [-0.4, -0.2) is 18.7 Å². The lowest BCUT2D eigenvalue weighted by Crippen LogP contribution is -2.32. The van der Waals surface area contributed by atoms with Crippen LogP contribution < -0.4 is 10.1 Å². The first kappa shape index (κ1) is 13.9. The Hall–Kier alpha value is -1.02. The second-order valence-corrected chi connectivity index (χ2v) is 6.40. The van der Waals surface area contributed by atoms with E-state index in [1.807, 2.05) is 0 Å². The van der Waals surface area contributed by atoms with Gasteiger partial charge in [0.15, 0.2) is 0 Å². The molecule has 0 heterocycles. The molecule has 2 aliphatic rings. The summed E-state index contributed by atoms with van der Waals surface area (Å²) in [6.45, 7) is 3.41. The molecule has 2 aliphatic carbocycles. The minimum atomic E-state index is 0.498. The average molecular weight is 273 g/mol. The molecule has 0 amide bonds. The van der Waals surface area contributed by atoms with Crippen LogP contribution in [0.25, 0.3) is 0 Å². The highest BCUT2D eigenvalue weighted by Crippen LogP contribution is 2.34. The smallest absolute Gasteiger partial charge is 0.119 e. The summed E-state index contributed by atoms with van der Waals surface area (Å²) in [4.78, 5) is 0.